The fraction of sp³-hybridized carbons (Fsp3) is 0. The topological polar surface area (TPSA) is 58.6 Å². The molecule has 3 aromatic heterocycles. The summed E-state index contributed by atoms with van der Waals surface area (Å²) in [7, 11) is 0. The third-order valence-electron chi connectivity index (χ3n) is 2.25. The van der Waals surface area contributed by atoms with Gasteiger partial charge in [-0.05, 0) is 11.4 Å². The maximum atomic E-state index is 12.1. The number of nitrogens with zero attached hydrogens (tertiary/aromatic N) is 2. The molecule has 0 saturated heterocycles. The molecular formula is C9H3Cl2N3OS. The van der Waals surface area contributed by atoms with Crippen molar-refractivity contribution >= 4 is 55.7 Å². The van der Waals surface area contributed by atoms with Crippen LogP contribution in [0.4, 0.5) is 0 Å². The SMILES string of the molecule is O=c1c2sccc2[nH]c2c(Cl)nnc(Cl)c12. The van der Waals surface area contributed by atoms with Gasteiger partial charge in [-0.1, -0.05) is 23.2 Å². The molecule has 1 N–H and O–H groups in total. The average Bonchev–Trinajstić information content (AvgIpc) is 2.72. The van der Waals surface area contributed by atoms with Crippen LogP contribution in [-0.4, -0.2) is 15.2 Å². The van der Waals surface area contributed by atoms with Crippen molar-refractivity contribution in [3.05, 3.63) is 32.0 Å². The summed E-state index contributed by atoms with van der Waals surface area (Å²) in [4.78, 5) is 15.1. The number of nitrogens with one attached hydrogen (secondary N) is 1. The number of H-pyrrole nitrogens is 1. The van der Waals surface area contributed by atoms with E-state index in [1.165, 1.54) is 11.3 Å². The molecule has 16 heavy (non-hydrogen) atoms. The van der Waals surface area contributed by atoms with Gasteiger partial charge in [0, 0.05) is 0 Å². The van der Waals surface area contributed by atoms with Crippen LogP contribution in [0.3, 0.4) is 0 Å². The van der Waals surface area contributed by atoms with E-state index in [9.17, 15) is 4.79 Å². The number of pyridine rings is 1. The number of rotatable bonds is 0. The first-order valence-corrected chi connectivity index (χ1v) is 5.93. The van der Waals surface area contributed by atoms with E-state index in [1.54, 1.807) is 0 Å². The van der Waals surface area contributed by atoms with Crippen LogP contribution >= 0.6 is 34.5 Å². The summed E-state index contributed by atoms with van der Waals surface area (Å²) in [5.74, 6) is 0. The number of halogens is 2. The summed E-state index contributed by atoms with van der Waals surface area (Å²) in [5, 5.41) is 9.60. The van der Waals surface area contributed by atoms with Gasteiger partial charge in [0.2, 0.25) is 5.43 Å². The normalized spacial score (nSPS) is 11.4. The quantitative estimate of drug-likeness (QED) is 0.684. The molecule has 3 aromatic rings. The molecule has 7 heteroatoms. The van der Waals surface area contributed by atoms with E-state index < -0.39 is 0 Å². The van der Waals surface area contributed by atoms with Crippen LogP contribution in [0, 0.1) is 0 Å². The molecule has 0 fully saturated rings. The second-order valence-electron chi connectivity index (χ2n) is 3.15. The van der Waals surface area contributed by atoms with Crippen molar-refractivity contribution in [2.45, 2.75) is 0 Å². The minimum atomic E-state index is -0.166. The number of fused-ring (bicyclic) bond motifs is 2. The minimum absolute atomic E-state index is 0.0657. The molecule has 0 aliphatic carbocycles. The first-order chi connectivity index (χ1) is 7.68. The fourth-order valence-corrected chi connectivity index (χ4v) is 2.74. The van der Waals surface area contributed by atoms with Crippen LogP contribution in [0.5, 0.6) is 0 Å². The molecule has 80 valence electrons. The maximum Gasteiger partial charge on any atom is 0.210 e. The summed E-state index contributed by atoms with van der Waals surface area (Å²) in [6.45, 7) is 0. The molecule has 0 atom stereocenters. The molecule has 4 nitrogen and oxygen atoms in total. The molecule has 0 aliphatic rings. The van der Waals surface area contributed by atoms with Gasteiger partial charge >= 0.3 is 0 Å². The Morgan fingerprint density at radius 2 is 2.00 bits per heavy atom. The number of hydrogen-bond acceptors (Lipinski definition) is 4. The largest absolute Gasteiger partial charge is 0.351 e. The van der Waals surface area contributed by atoms with Crippen molar-refractivity contribution < 1.29 is 0 Å². The summed E-state index contributed by atoms with van der Waals surface area (Å²) in [5.41, 5.74) is 0.992. The third-order valence-corrected chi connectivity index (χ3v) is 3.69. The highest BCUT2D eigenvalue weighted by atomic mass is 35.5. The summed E-state index contributed by atoms with van der Waals surface area (Å²) >= 11 is 13.1. The molecule has 3 rings (SSSR count). The smallest absolute Gasteiger partial charge is 0.210 e. The molecule has 3 heterocycles. The van der Waals surface area contributed by atoms with E-state index in [4.69, 9.17) is 23.2 Å². The van der Waals surface area contributed by atoms with Crippen LogP contribution in [0.2, 0.25) is 10.3 Å². The van der Waals surface area contributed by atoms with Gasteiger partial charge in [-0.15, -0.1) is 21.5 Å². The number of aromatic nitrogens is 3. The molecule has 0 spiro atoms. The number of thiophene rings is 1. The van der Waals surface area contributed by atoms with Gasteiger partial charge in [0.05, 0.1) is 21.1 Å². The molecule has 0 radical (unpaired) electrons. The van der Waals surface area contributed by atoms with Crippen molar-refractivity contribution in [3.8, 4) is 0 Å². The van der Waals surface area contributed by atoms with Crippen molar-refractivity contribution in [1.29, 1.82) is 0 Å². The Kier molecular flexibility index (Phi) is 2.14. The lowest BCUT2D eigenvalue weighted by Crippen LogP contribution is -2.05. The van der Waals surface area contributed by atoms with Gasteiger partial charge in [0.1, 0.15) is 0 Å². The first kappa shape index (κ1) is 10.0. The van der Waals surface area contributed by atoms with Crippen LogP contribution in [0.25, 0.3) is 21.1 Å². The van der Waals surface area contributed by atoms with Crippen LogP contribution in [0.15, 0.2) is 16.2 Å². The Bertz CT molecular complexity index is 764. The van der Waals surface area contributed by atoms with Crippen LogP contribution in [0.1, 0.15) is 0 Å². The Hall–Kier alpha value is -1.17. The lowest BCUT2D eigenvalue weighted by molar-refractivity contribution is 1.05. The van der Waals surface area contributed by atoms with Crippen LogP contribution < -0.4 is 5.43 Å². The molecule has 0 aliphatic heterocycles. The summed E-state index contributed by atoms with van der Waals surface area (Å²) < 4.78 is 0.610. The zero-order valence-electron chi connectivity index (χ0n) is 7.62. The highest BCUT2D eigenvalue weighted by Gasteiger charge is 2.13. The van der Waals surface area contributed by atoms with E-state index in [2.05, 4.69) is 15.2 Å². The van der Waals surface area contributed by atoms with Gasteiger partial charge in [-0.2, -0.15) is 0 Å². The summed E-state index contributed by atoms with van der Waals surface area (Å²) in [6.07, 6.45) is 0. The lowest BCUT2D eigenvalue weighted by atomic mass is 10.2. The highest BCUT2D eigenvalue weighted by molar-refractivity contribution is 7.17. The second kappa shape index (κ2) is 3.41. The molecular weight excluding hydrogens is 269 g/mol. The molecule has 0 amide bonds. The van der Waals surface area contributed by atoms with Crippen LogP contribution in [-0.2, 0) is 0 Å². The molecule has 0 bridgehead atoms. The Morgan fingerprint density at radius 3 is 2.81 bits per heavy atom. The van der Waals surface area contributed by atoms with Crippen molar-refractivity contribution in [1.82, 2.24) is 15.2 Å². The molecule has 0 aromatic carbocycles. The second-order valence-corrected chi connectivity index (χ2v) is 4.78. The zero-order valence-corrected chi connectivity index (χ0v) is 9.95. The van der Waals surface area contributed by atoms with E-state index in [-0.39, 0.29) is 21.1 Å². The molecule has 0 saturated carbocycles. The fourth-order valence-electron chi connectivity index (χ4n) is 1.55. The Balaban J connectivity index is 2.72. The summed E-state index contributed by atoms with van der Waals surface area (Å²) in [6, 6.07) is 1.81. The Labute approximate surface area is 103 Å². The average molecular weight is 272 g/mol. The van der Waals surface area contributed by atoms with Gasteiger partial charge in [-0.3, -0.25) is 4.79 Å². The standard InChI is InChI=1S/C9H3Cl2N3OS/c10-8-4-5(9(11)14-13-8)12-3-1-2-16-7(3)6(4)15/h1-2H,(H,12,15). The minimum Gasteiger partial charge on any atom is -0.351 e. The van der Waals surface area contributed by atoms with E-state index in [0.717, 1.165) is 5.52 Å². The van der Waals surface area contributed by atoms with Gasteiger partial charge in [0.15, 0.2) is 10.3 Å². The Morgan fingerprint density at radius 1 is 1.25 bits per heavy atom. The van der Waals surface area contributed by atoms with E-state index >= 15 is 0 Å². The molecule has 0 unspecified atom stereocenters. The predicted molar refractivity (Wildman–Crippen MR) is 65.6 cm³/mol. The van der Waals surface area contributed by atoms with Gasteiger partial charge < -0.3 is 4.98 Å². The maximum absolute atomic E-state index is 12.1. The van der Waals surface area contributed by atoms with Gasteiger partial charge in [0.25, 0.3) is 0 Å². The van der Waals surface area contributed by atoms with E-state index in [0.29, 0.717) is 10.2 Å². The lowest BCUT2D eigenvalue weighted by Gasteiger charge is -2.00. The van der Waals surface area contributed by atoms with E-state index in [1.807, 2.05) is 11.4 Å². The number of aromatic amines is 1. The first-order valence-electron chi connectivity index (χ1n) is 4.29. The van der Waals surface area contributed by atoms with Gasteiger partial charge in [-0.25, -0.2) is 0 Å². The van der Waals surface area contributed by atoms with Crippen molar-refractivity contribution in [3.63, 3.8) is 0 Å². The zero-order chi connectivity index (χ0) is 11.3. The predicted octanol–water partition coefficient (Wildman–Crippen LogP) is 2.84. The van der Waals surface area contributed by atoms with Crippen molar-refractivity contribution in [2.75, 3.05) is 0 Å². The third kappa shape index (κ3) is 1.25. The monoisotopic (exact) mass is 271 g/mol. The van der Waals surface area contributed by atoms with Crippen molar-refractivity contribution in [2.24, 2.45) is 0 Å². The highest BCUT2D eigenvalue weighted by Crippen LogP contribution is 2.25. The number of hydrogen-bond donors (Lipinski definition) is 1.